The third kappa shape index (κ3) is 2.53. The van der Waals surface area contributed by atoms with Crippen LogP contribution in [-0.2, 0) is 6.54 Å². The molecule has 4 aromatic rings. The molecule has 0 aliphatic carbocycles. The Morgan fingerprint density at radius 2 is 1.72 bits per heavy atom. The molecule has 124 valence electrons. The lowest BCUT2D eigenvalue weighted by Crippen LogP contribution is -2.20. The minimum atomic E-state index is -0.312. The minimum absolute atomic E-state index is 0.164. The van der Waals surface area contributed by atoms with E-state index in [0.29, 0.717) is 5.56 Å². The van der Waals surface area contributed by atoms with Crippen molar-refractivity contribution in [3.05, 3.63) is 82.7 Å². The summed E-state index contributed by atoms with van der Waals surface area (Å²) in [5, 5.41) is 3.15. The summed E-state index contributed by atoms with van der Waals surface area (Å²) >= 11 is 0. The predicted octanol–water partition coefficient (Wildman–Crippen LogP) is 2.95. The van der Waals surface area contributed by atoms with Crippen molar-refractivity contribution in [2.24, 2.45) is 5.73 Å². The van der Waals surface area contributed by atoms with Gasteiger partial charge in [-0.15, -0.1) is 0 Å². The molecule has 1 aromatic carbocycles. The molecule has 0 atom stereocenters. The van der Waals surface area contributed by atoms with Crippen molar-refractivity contribution in [1.29, 1.82) is 0 Å². The molecular weight excluding hydrogens is 319 g/mol. The first-order valence-electron chi connectivity index (χ1n) is 7.82. The number of hydrogen-bond donors (Lipinski definition) is 2. The summed E-state index contributed by atoms with van der Waals surface area (Å²) in [6.45, 7) is 0.164. The normalized spacial score (nSPS) is 11.1. The number of pyridine rings is 2. The van der Waals surface area contributed by atoms with Crippen LogP contribution in [0.1, 0.15) is 5.56 Å². The lowest BCUT2D eigenvalue weighted by atomic mass is 10.0. The second-order valence-electron chi connectivity index (χ2n) is 5.69. The standard InChI is InChI=1S/C19H15FN4O/c20-15-4-1-13(2-5-15)18-17(12-7-9-22-10-8-12)16-6-3-14(11-21)19(25)24(16)23-18/h1-10,23H,11,21H2. The van der Waals surface area contributed by atoms with Gasteiger partial charge in [-0.25, -0.2) is 8.91 Å². The van der Waals surface area contributed by atoms with Crippen molar-refractivity contribution in [2.75, 3.05) is 0 Å². The van der Waals surface area contributed by atoms with Crippen LogP contribution >= 0.6 is 0 Å². The second kappa shape index (κ2) is 5.99. The summed E-state index contributed by atoms with van der Waals surface area (Å²) in [5.74, 6) is -0.312. The highest BCUT2D eigenvalue weighted by Crippen LogP contribution is 2.34. The van der Waals surface area contributed by atoms with E-state index >= 15 is 0 Å². The topological polar surface area (TPSA) is 76.2 Å². The largest absolute Gasteiger partial charge is 0.326 e. The van der Waals surface area contributed by atoms with E-state index in [1.54, 1.807) is 30.6 Å². The van der Waals surface area contributed by atoms with Crippen molar-refractivity contribution >= 4 is 5.52 Å². The molecule has 0 saturated carbocycles. The minimum Gasteiger partial charge on any atom is -0.326 e. The van der Waals surface area contributed by atoms with Gasteiger partial charge in [0.2, 0.25) is 0 Å². The first kappa shape index (κ1) is 15.3. The number of halogens is 1. The molecule has 0 unspecified atom stereocenters. The van der Waals surface area contributed by atoms with Crippen LogP contribution in [0.4, 0.5) is 4.39 Å². The Kier molecular flexibility index (Phi) is 3.66. The van der Waals surface area contributed by atoms with Crippen LogP contribution in [0.3, 0.4) is 0 Å². The third-order valence-corrected chi connectivity index (χ3v) is 4.21. The molecule has 0 radical (unpaired) electrons. The fraction of sp³-hybridized carbons (Fsp3) is 0.0526. The van der Waals surface area contributed by atoms with Crippen molar-refractivity contribution < 1.29 is 4.39 Å². The van der Waals surface area contributed by atoms with E-state index in [2.05, 4.69) is 10.1 Å². The maximum absolute atomic E-state index is 13.3. The van der Waals surface area contributed by atoms with E-state index in [9.17, 15) is 9.18 Å². The monoisotopic (exact) mass is 334 g/mol. The predicted molar refractivity (Wildman–Crippen MR) is 94.5 cm³/mol. The molecule has 6 heteroatoms. The van der Waals surface area contributed by atoms with E-state index in [0.717, 1.165) is 27.9 Å². The van der Waals surface area contributed by atoms with Gasteiger partial charge < -0.3 is 5.73 Å². The Labute approximate surface area is 142 Å². The summed E-state index contributed by atoms with van der Waals surface area (Å²) in [6, 6.07) is 13.5. The third-order valence-electron chi connectivity index (χ3n) is 4.21. The number of aromatic amines is 1. The number of aromatic nitrogens is 3. The van der Waals surface area contributed by atoms with Crippen LogP contribution in [0.5, 0.6) is 0 Å². The average Bonchev–Trinajstić information content (AvgIpc) is 3.04. The number of rotatable bonds is 3. The van der Waals surface area contributed by atoms with E-state index in [4.69, 9.17) is 5.73 Å². The Hall–Kier alpha value is -3.25. The molecule has 3 heterocycles. The van der Waals surface area contributed by atoms with Gasteiger partial charge in [-0.2, -0.15) is 0 Å². The Morgan fingerprint density at radius 1 is 1.00 bits per heavy atom. The first-order chi connectivity index (χ1) is 12.2. The van der Waals surface area contributed by atoms with Gasteiger partial charge in [0.1, 0.15) is 5.82 Å². The maximum atomic E-state index is 13.3. The fourth-order valence-corrected chi connectivity index (χ4v) is 2.97. The lowest BCUT2D eigenvalue weighted by molar-refractivity contribution is 0.628. The molecule has 3 N–H and O–H groups in total. The van der Waals surface area contributed by atoms with Crippen molar-refractivity contribution in [2.45, 2.75) is 6.54 Å². The Bertz CT molecular complexity index is 1100. The van der Waals surface area contributed by atoms with Crippen LogP contribution in [0, 0.1) is 5.82 Å². The number of nitrogens with two attached hydrogens (primary N) is 1. The highest BCUT2D eigenvalue weighted by molar-refractivity contribution is 5.92. The number of fused-ring (bicyclic) bond motifs is 1. The van der Waals surface area contributed by atoms with Gasteiger partial charge in [-0.1, -0.05) is 0 Å². The summed E-state index contributed by atoms with van der Waals surface area (Å²) < 4.78 is 14.8. The van der Waals surface area contributed by atoms with Gasteiger partial charge in [0, 0.05) is 35.6 Å². The highest BCUT2D eigenvalue weighted by atomic mass is 19.1. The number of nitrogens with one attached hydrogen (secondary N) is 1. The molecule has 4 rings (SSSR count). The molecule has 0 fully saturated rings. The van der Waals surface area contributed by atoms with Crippen LogP contribution in [0.25, 0.3) is 27.9 Å². The molecule has 5 nitrogen and oxygen atoms in total. The Balaban J connectivity index is 2.08. The van der Waals surface area contributed by atoms with Gasteiger partial charge in [0.05, 0.1) is 11.2 Å². The smallest absolute Gasteiger partial charge is 0.274 e. The summed E-state index contributed by atoms with van der Waals surface area (Å²) in [4.78, 5) is 16.7. The van der Waals surface area contributed by atoms with Crippen LogP contribution in [0.2, 0.25) is 0 Å². The van der Waals surface area contributed by atoms with Crippen LogP contribution < -0.4 is 11.3 Å². The maximum Gasteiger partial charge on any atom is 0.274 e. The van der Waals surface area contributed by atoms with E-state index in [-0.39, 0.29) is 17.9 Å². The number of hydrogen-bond acceptors (Lipinski definition) is 3. The highest BCUT2D eigenvalue weighted by Gasteiger charge is 2.17. The lowest BCUT2D eigenvalue weighted by Gasteiger charge is -2.04. The summed E-state index contributed by atoms with van der Waals surface area (Å²) in [5.41, 5.74) is 9.99. The van der Waals surface area contributed by atoms with Gasteiger partial charge >= 0.3 is 0 Å². The first-order valence-corrected chi connectivity index (χ1v) is 7.82. The molecule has 0 aliphatic heterocycles. The summed E-state index contributed by atoms with van der Waals surface area (Å²) in [7, 11) is 0. The van der Waals surface area contributed by atoms with Gasteiger partial charge in [0.25, 0.3) is 5.56 Å². The molecular formula is C19H15FN4O. The zero-order valence-electron chi connectivity index (χ0n) is 13.2. The van der Waals surface area contributed by atoms with Crippen LogP contribution in [0.15, 0.2) is 65.7 Å². The van der Waals surface area contributed by atoms with Crippen LogP contribution in [-0.4, -0.2) is 14.6 Å². The SMILES string of the molecule is NCc1ccc2c(-c3ccncc3)c(-c3ccc(F)cc3)[nH]n2c1=O. The van der Waals surface area contributed by atoms with E-state index < -0.39 is 0 Å². The quantitative estimate of drug-likeness (QED) is 0.605. The Morgan fingerprint density at radius 3 is 2.40 bits per heavy atom. The zero-order chi connectivity index (χ0) is 17.4. The molecule has 0 saturated heterocycles. The molecule has 3 aromatic heterocycles. The number of benzene rings is 1. The number of nitrogens with zero attached hydrogens (tertiary/aromatic N) is 2. The van der Waals surface area contributed by atoms with Gasteiger partial charge in [-0.3, -0.25) is 14.9 Å². The van der Waals surface area contributed by atoms with Gasteiger partial charge in [-0.05, 0) is 54.1 Å². The summed E-state index contributed by atoms with van der Waals surface area (Å²) in [6.07, 6.45) is 3.39. The molecule has 0 aliphatic rings. The van der Waals surface area contributed by atoms with Crippen molar-refractivity contribution in [1.82, 2.24) is 14.6 Å². The van der Waals surface area contributed by atoms with E-state index in [1.807, 2.05) is 18.2 Å². The molecule has 0 spiro atoms. The molecule has 0 bridgehead atoms. The number of H-pyrrole nitrogens is 1. The molecule has 25 heavy (non-hydrogen) atoms. The molecule has 0 amide bonds. The van der Waals surface area contributed by atoms with Gasteiger partial charge in [0.15, 0.2) is 0 Å². The zero-order valence-corrected chi connectivity index (χ0v) is 13.2. The van der Waals surface area contributed by atoms with Crippen molar-refractivity contribution in [3.8, 4) is 22.4 Å². The second-order valence-corrected chi connectivity index (χ2v) is 5.69. The van der Waals surface area contributed by atoms with Crippen molar-refractivity contribution in [3.63, 3.8) is 0 Å². The average molecular weight is 334 g/mol. The fourth-order valence-electron chi connectivity index (χ4n) is 2.97. The van der Waals surface area contributed by atoms with E-state index in [1.165, 1.54) is 16.6 Å².